The summed E-state index contributed by atoms with van der Waals surface area (Å²) in [6.45, 7) is 0.998. The lowest BCUT2D eigenvalue weighted by atomic mass is 10.2. The van der Waals surface area contributed by atoms with Crippen molar-refractivity contribution in [2.24, 2.45) is 0 Å². The van der Waals surface area contributed by atoms with Gasteiger partial charge in [-0.2, -0.15) is 0 Å². The highest BCUT2D eigenvalue weighted by Crippen LogP contribution is 2.31. The van der Waals surface area contributed by atoms with Crippen molar-refractivity contribution in [3.05, 3.63) is 27.7 Å². The second kappa shape index (κ2) is 6.71. The molecule has 1 N–H and O–H groups in total. The minimum absolute atomic E-state index is 0.0388. The van der Waals surface area contributed by atoms with Gasteiger partial charge in [0.15, 0.2) is 0 Å². The molecule has 5 nitrogen and oxygen atoms in total. The van der Waals surface area contributed by atoms with Crippen molar-refractivity contribution in [2.75, 3.05) is 13.2 Å². The topological polar surface area (TPSA) is 72.5 Å². The van der Waals surface area contributed by atoms with Crippen LogP contribution in [-0.4, -0.2) is 33.6 Å². The molecular formula is C12H12Cl3NO4S. The number of benzene rings is 1. The van der Waals surface area contributed by atoms with Crippen molar-refractivity contribution < 1.29 is 17.9 Å². The number of hydrogen-bond acceptors (Lipinski definition) is 4. The fourth-order valence-corrected chi connectivity index (χ4v) is 3.87. The van der Waals surface area contributed by atoms with E-state index in [1.807, 2.05) is 0 Å². The first kappa shape index (κ1) is 16.8. The van der Waals surface area contributed by atoms with Gasteiger partial charge in [-0.1, -0.05) is 23.2 Å². The summed E-state index contributed by atoms with van der Waals surface area (Å²) in [5.41, 5.74) is -0.0404. The molecule has 2 rings (SSSR count). The van der Waals surface area contributed by atoms with Crippen molar-refractivity contribution >= 4 is 48.8 Å². The lowest BCUT2D eigenvalue weighted by molar-refractivity contribution is 0.0857. The summed E-state index contributed by atoms with van der Waals surface area (Å²) in [6.07, 6.45) is 1.78. The molecule has 1 aliphatic heterocycles. The van der Waals surface area contributed by atoms with E-state index in [1.54, 1.807) is 0 Å². The van der Waals surface area contributed by atoms with Gasteiger partial charge in [-0.3, -0.25) is 4.79 Å². The maximum atomic E-state index is 12.1. The monoisotopic (exact) mass is 371 g/mol. The molecular weight excluding hydrogens is 361 g/mol. The van der Waals surface area contributed by atoms with E-state index in [4.69, 9.17) is 38.6 Å². The van der Waals surface area contributed by atoms with Crippen LogP contribution in [0.25, 0.3) is 0 Å². The minimum Gasteiger partial charge on any atom is -0.376 e. The number of ether oxygens (including phenoxy) is 1. The van der Waals surface area contributed by atoms with Gasteiger partial charge in [-0.25, -0.2) is 8.42 Å². The summed E-state index contributed by atoms with van der Waals surface area (Å²) >= 11 is 11.8. The molecule has 0 radical (unpaired) electrons. The van der Waals surface area contributed by atoms with Crippen LogP contribution in [0.15, 0.2) is 17.0 Å². The highest BCUT2D eigenvalue weighted by atomic mass is 35.7. The first-order valence-electron chi connectivity index (χ1n) is 6.12. The van der Waals surface area contributed by atoms with Crippen molar-refractivity contribution in [3.8, 4) is 0 Å². The number of rotatable bonds is 4. The first-order valence-corrected chi connectivity index (χ1v) is 9.19. The Morgan fingerprint density at radius 2 is 2.10 bits per heavy atom. The van der Waals surface area contributed by atoms with Gasteiger partial charge in [0, 0.05) is 28.9 Å². The second-order valence-corrected chi connectivity index (χ2v) is 7.90. The van der Waals surface area contributed by atoms with E-state index >= 15 is 0 Å². The molecule has 0 spiro atoms. The molecule has 1 fully saturated rings. The average molecular weight is 373 g/mol. The highest BCUT2D eigenvalue weighted by Gasteiger charge is 2.23. The molecule has 1 atom stereocenters. The third-order valence-corrected chi connectivity index (χ3v) is 5.11. The third kappa shape index (κ3) is 4.23. The van der Waals surface area contributed by atoms with Gasteiger partial charge in [0.1, 0.15) is 4.90 Å². The first-order chi connectivity index (χ1) is 9.79. The van der Waals surface area contributed by atoms with E-state index in [-0.39, 0.29) is 26.6 Å². The predicted octanol–water partition coefficient (Wildman–Crippen LogP) is 2.83. The van der Waals surface area contributed by atoms with E-state index in [0.29, 0.717) is 13.2 Å². The Morgan fingerprint density at radius 1 is 1.38 bits per heavy atom. The van der Waals surface area contributed by atoms with Crippen LogP contribution in [0.4, 0.5) is 0 Å². The molecule has 0 aliphatic carbocycles. The fraction of sp³-hybridized carbons (Fsp3) is 0.417. The standard InChI is InChI=1S/C12H12Cl3NO4S/c13-7-4-9(11(14)10(5-7)21(15,18)19)12(17)16-6-8-2-1-3-20-8/h4-5,8H,1-3,6H2,(H,16,17). The summed E-state index contributed by atoms with van der Waals surface area (Å²) in [6, 6.07) is 2.39. The average Bonchev–Trinajstić information content (AvgIpc) is 2.90. The Kier molecular flexibility index (Phi) is 5.38. The second-order valence-electron chi connectivity index (χ2n) is 4.55. The summed E-state index contributed by atoms with van der Waals surface area (Å²) in [7, 11) is 1.18. The van der Waals surface area contributed by atoms with Crippen LogP contribution >= 0.6 is 33.9 Å². The van der Waals surface area contributed by atoms with Gasteiger partial charge >= 0.3 is 0 Å². The Morgan fingerprint density at radius 3 is 2.67 bits per heavy atom. The maximum Gasteiger partial charge on any atom is 0.262 e. The lowest BCUT2D eigenvalue weighted by Crippen LogP contribution is -2.32. The highest BCUT2D eigenvalue weighted by molar-refractivity contribution is 8.13. The van der Waals surface area contributed by atoms with Gasteiger partial charge in [-0.15, -0.1) is 0 Å². The number of amides is 1. The van der Waals surface area contributed by atoms with Crippen LogP contribution in [0.1, 0.15) is 23.2 Å². The predicted molar refractivity (Wildman–Crippen MR) is 80.8 cm³/mol. The van der Waals surface area contributed by atoms with E-state index in [2.05, 4.69) is 5.32 Å². The van der Waals surface area contributed by atoms with Crippen LogP contribution in [0.5, 0.6) is 0 Å². The van der Waals surface area contributed by atoms with Gasteiger partial charge in [-0.05, 0) is 25.0 Å². The molecule has 0 saturated carbocycles. The Bertz CT molecular complexity index is 657. The van der Waals surface area contributed by atoms with Gasteiger partial charge in [0.2, 0.25) is 0 Å². The van der Waals surface area contributed by atoms with Crippen molar-refractivity contribution in [1.29, 1.82) is 0 Å². The molecule has 116 valence electrons. The SMILES string of the molecule is O=C(NCC1CCCO1)c1cc(Cl)cc(S(=O)(=O)Cl)c1Cl. The van der Waals surface area contributed by atoms with E-state index in [0.717, 1.165) is 18.9 Å². The molecule has 1 aliphatic rings. The van der Waals surface area contributed by atoms with Crippen molar-refractivity contribution in [3.63, 3.8) is 0 Å². The summed E-state index contributed by atoms with van der Waals surface area (Å²) in [4.78, 5) is 11.7. The van der Waals surface area contributed by atoms with Crippen LogP contribution in [0.2, 0.25) is 10.0 Å². The number of hydrogen-bond donors (Lipinski definition) is 1. The number of halogens is 3. The zero-order valence-corrected chi connectivity index (χ0v) is 13.8. The van der Waals surface area contributed by atoms with Gasteiger partial charge in [0.05, 0.1) is 16.7 Å². The number of nitrogens with one attached hydrogen (secondary N) is 1. The maximum absolute atomic E-state index is 12.1. The van der Waals surface area contributed by atoms with Gasteiger partial charge < -0.3 is 10.1 Å². The van der Waals surface area contributed by atoms with E-state index in [1.165, 1.54) is 6.07 Å². The molecule has 9 heteroatoms. The van der Waals surface area contributed by atoms with Crippen LogP contribution in [0.3, 0.4) is 0 Å². The molecule has 21 heavy (non-hydrogen) atoms. The van der Waals surface area contributed by atoms with Crippen LogP contribution in [-0.2, 0) is 13.8 Å². The Labute approximate surface area is 136 Å². The Hall–Kier alpha value is -0.530. The number of carbonyl (C=O) groups is 1. The summed E-state index contributed by atoms with van der Waals surface area (Å²) in [5.74, 6) is -0.528. The molecule has 1 heterocycles. The smallest absolute Gasteiger partial charge is 0.262 e. The van der Waals surface area contributed by atoms with Gasteiger partial charge in [0.25, 0.3) is 15.0 Å². The lowest BCUT2D eigenvalue weighted by Gasteiger charge is -2.12. The Balaban J connectivity index is 2.22. The molecule has 0 aromatic heterocycles. The van der Waals surface area contributed by atoms with Crippen molar-refractivity contribution in [2.45, 2.75) is 23.8 Å². The molecule has 1 saturated heterocycles. The van der Waals surface area contributed by atoms with E-state index in [9.17, 15) is 13.2 Å². The molecule has 1 unspecified atom stereocenters. The zero-order chi connectivity index (χ0) is 15.6. The quantitative estimate of drug-likeness (QED) is 0.825. The van der Waals surface area contributed by atoms with Crippen LogP contribution < -0.4 is 5.32 Å². The zero-order valence-electron chi connectivity index (χ0n) is 10.7. The number of carbonyl (C=O) groups excluding carboxylic acids is 1. The van der Waals surface area contributed by atoms with Crippen LogP contribution in [0, 0.1) is 0 Å². The normalized spacial score (nSPS) is 18.7. The summed E-state index contributed by atoms with van der Waals surface area (Å²) in [5, 5.41) is 2.45. The molecule has 0 bridgehead atoms. The van der Waals surface area contributed by atoms with Crippen molar-refractivity contribution in [1.82, 2.24) is 5.32 Å². The molecule has 1 aromatic rings. The van der Waals surface area contributed by atoms with E-state index < -0.39 is 15.0 Å². The fourth-order valence-electron chi connectivity index (χ4n) is 2.01. The third-order valence-electron chi connectivity index (χ3n) is 3.03. The molecule has 1 amide bonds. The minimum atomic E-state index is -4.09. The summed E-state index contributed by atoms with van der Waals surface area (Å²) < 4.78 is 28.2. The molecule has 1 aromatic carbocycles. The largest absolute Gasteiger partial charge is 0.376 e.